The second kappa shape index (κ2) is 5.94. The molecule has 128 valence electrons. The molecule has 1 N–H and O–H groups in total. The highest BCUT2D eigenvalue weighted by atomic mass is 32.2. The molecule has 1 aliphatic rings. The summed E-state index contributed by atoms with van der Waals surface area (Å²) in [5.74, 6) is 1.28. The van der Waals surface area contributed by atoms with Crippen LogP contribution in [0.5, 0.6) is 11.5 Å². The van der Waals surface area contributed by atoms with Crippen molar-refractivity contribution in [3.8, 4) is 11.5 Å². The smallest absolute Gasteiger partial charge is 0.265 e. The molecule has 3 rings (SSSR count). The predicted molar refractivity (Wildman–Crippen MR) is 89.0 cm³/mol. The van der Waals surface area contributed by atoms with E-state index in [4.69, 9.17) is 9.47 Å². The lowest BCUT2D eigenvalue weighted by atomic mass is 9.96. The number of benzene rings is 1. The van der Waals surface area contributed by atoms with E-state index in [0.29, 0.717) is 24.8 Å². The fraction of sp³-hybridized carbons (Fsp3) is 0.375. The Bertz CT molecular complexity index is 843. The average Bonchev–Trinajstić information content (AvgIpc) is 2.53. The van der Waals surface area contributed by atoms with Gasteiger partial charge in [0.15, 0.2) is 11.5 Å². The number of para-hydroxylation sites is 1. The van der Waals surface area contributed by atoms with E-state index in [1.807, 2.05) is 20.8 Å². The summed E-state index contributed by atoms with van der Waals surface area (Å²) in [5.41, 5.74) is 0.0819. The lowest BCUT2D eigenvalue weighted by molar-refractivity contribution is 0.167. The van der Waals surface area contributed by atoms with E-state index >= 15 is 0 Å². The lowest BCUT2D eigenvalue weighted by Gasteiger charge is -2.21. The van der Waals surface area contributed by atoms with Crippen molar-refractivity contribution in [1.82, 2.24) is 9.97 Å². The molecule has 0 spiro atoms. The van der Waals surface area contributed by atoms with Gasteiger partial charge in [0.1, 0.15) is 23.9 Å². The van der Waals surface area contributed by atoms with Gasteiger partial charge in [-0.25, -0.2) is 18.4 Å². The first-order valence-corrected chi connectivity index (χ1v) is 9.00. The van der Waals surface area contributed by atoms with Gasteiger partial charge in [-0.3, -0.25) is 4.72 Å². The van der Waals surface area contributed by atoms with Crippen molar-refractivity contribution in [1.29, 1.82) is 0 Å². The van der Waals surface area contributed by atoms with E-state index in [1.54, 1.807) is 12.1 Å². The Morgan fingerprint density at radius 3 is 2.42 bits per heavy atom. The number of sulfonamides is 1. The monoisotopic (exact) mass is 349 g/mol. The van der Waals surface area contributed by atoms with Crippen LogP contribution in [0.15, 0.2) is 35.5 Å². The van der Waals surface area contributed by atoms with Crippen LogP contribution in [0.25, 0.3) is 0 Å². The molecule has 0 saturated carbocycles. The number of ether oxygens (including phenoxy) is 2. The Morgan fingerprint density at radius 2 is 1.75 bits per heavy atom. The molecule has 0 bridgehead atoms. The van der Waals surface area contributed by atoms with E-state index < -0.39 is 10.0 Å². The van der Waals surface area contributed by atoms with Gasteiger partial charge in [-0.05, 0) is 12.1 Å². The predicted octanol–water partition coefficient (Wildman–Crippen LogP) is 2.35. The second-order valence-corrected chi connectivity index (χ2v) is 8.08. The number of hydrogen-bond acceptors (Lipinski definition) is 6. The summed E-state index contributed by atoms with van der Waals surface area (Å²) < 4.78 is 38.7. The molecule has 2 heterocycles. The number of rotatable bonds is 3. The summed E-state index contributed by atoms with van der Waals surface area (Å²) in [6, 6.07) is 4.76. The summed E-state index contributed by atoms with van der Waals surface area (Å²) in [6.45, 7) is 6.66. The van der Waals surface area contributed by atoms with Crippen molar-refractivity contribution >= 4 is 15.7 Å². The Morgan fingerprint density at radius 1 is 1.08 bits per heavy atom. The van der Waals surface area contributed by atoms with Crippen molar-refractivity contribution < 1.29 is 17.9 Å². The van der Waals surface area contributed by atoms with Crippen LogP contribution >= 0.6 is 0 Å². The van der Waals surface area contributed by atoms with Crippen LogP contribution in [0, 0.1) is 0 Å². The van der Waals surface area contributed by atoms with Gasteiger partial charge < -0.3 is 9.47 Å². The molecule has 8 heteroatoms. The van der Waals surface area contributed by atoms with Crippen LogP contribution in [0.3, 0.4) is 0 Å². The molecular weight excluding hydrogens is 330 g/mol. The molecule has 1 aromatic heterocycles. The summed E-state index contributed by atoms with van der Waals surface area (Å²) >= 11 is 0. The second-order valence-electron chi connectivity index (χ2n) is 6.43. The topological polar surface area (TPSA) is 90.4 Å². The highest BCUT2D eigenvalue weighted by molar-refractivity contribution is 7.92. The molecule has 0 aliphatic carbocycles. The molecule has 0 amide bonds. The fourth-order valence-corrected chi connectivity index (χ4v) is 3.42. The van der Waals surface area contributed by atoms with Gasteiger partial charge in [0.05, 0.1) is 18.1 Å². The van der Waals surface area contributed by atoms with Gasteiger partial charge in [0, 0.05) is 5.41 Å². The Hall–Kier alpha value is -2.35. The Balaban J connectivity index is 1.90. The maximum atomic E-state index is 12.7. The largest absolute Gasteiger partial charge is 0.486 e. The molecule has 0 unspecified atom stereocenters. The maximum absolute atomic E-state index is 12.7. The summed E-state index contributed by atoms with van der Waals surface area (Å²) in [7, 11) is -3.84. The normalized spacial score (nSPS) is 14.3. The number of fused-ring (bicyclic) bond motifs is 1. The Labute approximate surface area is 141 Å². The third-order valence-electron chi connectivity index (χ3n) is 3.39. The van der Waals surface area contributed by atoms with Crippen LogP contribution in [0.1, 0.15) is 26.6 Å². The van der Waals surface area contributed by atoms with E-state index in [1.165, 1.54) is 18.5 Å². The molecule has 0 radical (unpaired) electrons. The summed E-state index contributed by atoms with van der Waals surface area (Å²) in [5, 5.41) is 0. The summed E-state index contributed by atoms with van der Waals surface area (Å²) in [6.07, 6.45) is 2.91. The van der Waals surface area contributed by atoms with Gasteiger partial charge in [-0.15, -0.1) is 0 Å². The summed E-state index contributed by atoms with van der Waals surface area (Å²) in [4.78, 5) is 8.47. The number of aromatic nitrogens is 2. The third-order valence-corrected chi connectivity index (χ3v) is 4.80. The molecule has 0 fully saturated rings. The number of nitrogens with one attached hydrogen (secondary N) is 1. The third kappa shape index (κ3) is 3.28. The zero-order valence-electron chi connectivity index (χ0n) is 13.7. The van der Waals surface area contributed by atoms with Gasteiger partial charge in [0.2, 0.25) is 0 Å². The zero-order chi connectivity index (χ0) is 17.4. The molecule has 1 aliphatic heterocycles. The minimum atomic E-state index is -3.84. The minimum Gasteiger partial charge on any atom is -0.486 e. The van der Waals surface area contributed by atoms with Crippen LogP contribution < -0.4 is 14.2 Å². The zero-order valence-corrected chi connectivity index (χ0v) is 14.6. The fourth-order valence-electron chi connectivity index (χ4n) is 2.24. The van der Waals surface area contributed by atoms with Crippen LogP contribution in [0.4, 0.5) is 5.69 Å². The number of hydrogen-bond donors (Lipinski definition) is 1. The first kappa shape index (κ1) is 16.5. The molecule has 24 heavy (non-hydrogen) atoms. The highest BCUT2D eigenvalue weighted by Crippen LogP contribution is 2.36. The number of nitrogens with zero attached hydrogens (tertiary/aromatic N) is 2. The quantitative estimate of drug-likeness (QED) is 0.915. The SMILES string of the molecule is CC(C)(C)c1ncc(NS(=O)(=O)c2cccc3c2OCCO3)cn1. The molecule has 1 aromatic carbocycles. The molecule has 7 nitrogen and oxygen atoms in total. The first-order valence-electron chi connectivity index (χ1n) is 7.51. The van der Waals surface area contributed by atoms with E-state index in [0.717, 1.165) is 0 Å². The average molecular weight is 349 g/mol. The lowest BCUT2D eigenvalue weighted by Crippen LogP contribution is -2.21. The number of anilines is 1. The van der Waals surface area contributed by atoms with E-state index in [-0.39, 0.29) is 21.7 Å². The first-order chi connectivity index (χ1) is 11.3. The van der Waals surface area contributed by atoms with Gasteiger partial charge in [0.25, 0.3) is 10.0 Å². The van der Waals surface area contributed by atoms with Crippen molar-refractivity contribution in [2.24, 2.45) is 0 Å². The van der Waals surface area contributed by atoms with Crippen molar-refractivity contribution in [3.63, 3.8) is 0 Å². The maximum Gasteiger partial charge on any atom is 0.265 e. The molecule has 0 atom stereocenters. The molecule has 0 saturated heterocycles. The van der Waals surface area contributed by atoms with Crippen LogP contribution in [-0.4, -0.2) is 31.6 Å². The van der Waals surface area contributed by atoms with Gasteiger partial charge >= 0.3 is 0 Å². The van der Waals surface area contributed by atoms with Crippen molar-refractivity contribution in [2.75, 3.05) is 17.9 Å². The van der Waals surface area contributed by atoms with E-state index in [9.17, 15) is 8.42 Å². The highest BCUT2D eigenvalue weighted by Gasteiger charge is 2.25. The van der Waals surface area contributed by atoms with Gasteiger partial charge in [-0.2, -0.15) is 0 Å². The van der Waals surface area contributed by atoms with Crippen LogP contribution in [-0.2, 0) is 15.4 Å². The van der Waals surface area contributed by atoms with Crippen LogP contribution in [0.2, 0.25) is 0 Å². The molecular formula is C16H19N3O4S. The van der Waals surface area contributed by atoms with Crippen molar-refractivity contribution in [3.05, 3.63) is 36.4 Å². The van der Waals surface area contributed by atoms with Crippen molar-refractivity contribution in [2.45, 2.75) is 31.1 Å². The van der Waals surface area contributed by atoms with Gasteiger partial charge in [-0.1, -0.05) is 26.8 Å². The molecule has 2 aromatic rings. The minimum absolute atomic E-state index is 0.0274. The Kier molecular flexibility index (Phi) is 4.08. The van der Waals surface area contributed by atoms with E-state index in [2.05, 4.69) is 14.7 Å². The standard InChI is InChI=1S/C16H19N3O4S/c1-16(2,3)15-17-9-11(10-18-15)19-24(20,21)13-6-4-5-12-14(13)23-8-7-22-12/h4-6,9-10,19H,7-8H2,1-3H3.